The number of hydrogen-bond donors (Lipinski definition) is 3. The zero-order chi connectivity index (χ0) is 26.2. The molecule has 0 saturated carbocycles. The molecule has 3 rings (SSSR count). The molecule has 9 heteroatoms. The van der Waals surface area contributed by atoms with Gasteiger partial charge >= 0.3 is 0 Å². The summed E-state index contributed by atoms with van der Waals surface area (Å²) in [7, 11) is 1.50. The van der Waals surface area contributed by atoms with Gasteiger partial charge in [-0.15, -0.1) is 0 Å². The first kappa shape index (κ1) is 26.6. The average Bonchev–Trinajstić information content (AvgIpc) is 3.11. The number of hydrogen-bond acceptors (Lipinski definition) is 5. The summed E-state index contributed by atoms with van der Waals surface area (Å²) in [6.07, 6.45) is 0.515. The summed E-state index contributed by atoms with van der Waals surface area (Å²) in [6.45, 7) is 3.75. The van der Waals surface area contributed by atoms with Crippen LogP contribution in [0.1, 0.15) is 53.0 Å². The molecule has 2 aromatic rings. The van der Waals surface area contributed by atoms with E-state index in [9.17, 15) is 24.0 Å². The number of likely N-dealkylation sites (N-methyl/N-ethyl adjacent to an activating group) is 1. The van der Waals surface area contributed by atoms with Crippen LogP contribution < -0.4 is 16.0 Å². The third-order valence-corrected chi connectivity index (χ3v) is 5.96. The lowest BCUT2D eigenvalue weighted by Crippen LogP contribution is -2.54. The molecule has 3 N–H and O–H groups in total. The van der Waals surface area contributed by atoms with Crippen molar-refractivity contribution >= 4 is 29.5 Å². The quantitative estimate of drug-likeness (QED) is 0.412. The highest BCUT2D eigenvalue weighted by Gasteiger charge is 2.35. The Kier molecular flexibility index (Phi) is 8.94. The van der Waals surface area contributed by atoms with E-state index in [-0.39, 0.29) is 24.8 Å². The largest absolute Gasteiger partial charge is 0.357 e. The first-order valence-electron chi connectivity index (χ1n) is 12.0. The van der Waals surface area contributed by atoms with E-state index < -0.39 is 35.7 Å². The maximum Gasteiger partial charge on any atom is 0.261 e. The number of amides is 5. The summed E-state index contributed by atoms with van der Waals surface area (Å²) in [5.74, 6) is -2.06. The highest BCUT2D eigenvalue weighted by atomic mass is 16.2. The molecule has 2 aromatic carbocycles. The van der Waals surface area contributed by atoms with E-state index in [1.54, 1.807) is 24.3 Å². The van der Waals surface area contributed by atoms with Gasteiger partial charge in [-0.2, -0.15) is 0 Å². The highest BCUT2D eigenvalue weighted by molar-refractivity contribution is 6.21. The van der Waals surface area contributed by atoms with E-state index in [1.807, 2.05) is 44.2 Å². The Hall–Kier alpha value is -4.01. The van der Waals surface area contributed by atoms with Gasteiger partial charge in [-0.25, -0.2) is 0 Å². The summed E-state index contributed by atoms with van der Waals surface area (Å²) in [4.78, 5) is 64.4. The zero-order valence-corrected chi connectivity index (χ0v) is 20.7. The number of carbonyl (C=O) groups excluding carboxylic acids is 5. The second-order valence-corrected chi connectivity index (χ2v) is 9.17. The van der Waals surface area contributed by atoms with E-state index in [4.69, 9.17) is 0 Å². The van der Waals surface area contributed by atoms with E-state index in [0.717, 1.165) is 10.5 Å². The van der Waals surface area contributed by atoms with Crippen molar-refractivity contribution in [1.29, 1.82) is 0 Å². The Bertz CT molecular complexity index is 1100. The molecule has 190 valence electrons. The van der Waals surface area contributed by atoms with Gasteiger partial charge < -0.3 is 16.0 Å². The van der Waals surface area contributed by atoms with Crippen molar-refractivity contribution in [2.75, 3.05) is 13.6 Å². The Morgan fingerprint density at radius 2 is 1.39 bits per heavy atom. The van der Waals surface area contributed by atoms with Crippen molar-refractivity contribution in [3.63, 3.8) is 0 Å². The van der Waals surface area contributed by atoms with Crippen LogP contribution in [0, 0.1) is 5.92 Å². The Labute approximate surface area is 210 Å². The number of imide groups is 1. The van der Waals surface area contributed by atoms with Gasteiger partial charge in [-0.1, -0.05) is 56.3 Å². The molecule has 1 aliphatic rings. The van der Waals surface area contributed by atoms with Gasteiger partial charge in [0.05, 0.1) is 11.1 Å². The Morgan fingerprint density at radius 3 is 1.94 bits per heavy atom. The van der Waals surface area contributed by atoms with Crippen LogP contribution in [-0.4, -0.2) is 60.1 Å². The molecule has 5 amide bonds. The zero-order valence-electron chi connectivity index (χ0n) is 20.7. The number of rotatable bonds is 11. The van der Waals surface area contributed by atoms with Crippen LogP contribution in [0.5, 0.6) is 0 Å². The fourth-order valence-electron chi connectivity index (χ4n) is 4.13. The van der Waals surface area contributed by atoms with Crippen LogP contribution >= 0.6 is 0 Å². The molecule has 36 heavy (non-hydrogen) atoms. The number of nitrogens with one attached hydrogen (secondary N) is 3. The molecule has 0 unspecified atom stereocenters. The smallest absolute Gasteiger partial charge is 0.261 e. The number of fused-ring (bicyclic) bond motifs is 1. The van der Waals surface area contributed by atoms with Crippen molar-refractivity contribution in [3.05, 3.63) is 71.3 Å². The minimum Gasteiger partial charge on any atom is -0.357 e. The minimum absolute atomic E-state index is 0.0878. The van der Waals surface area contributed by atoms with Gasteiger partial charge in [0.15, 0.2) is 0 Å². The van der Waals surface area contributed by atoms with Gasteiger partial charge in [0.1, 0.15) is 12.1 Å². The summed E-state index contributed by atoms with van der Waals surface area (Å²) in [6, 6.07) is 14.2. The SMILES string of the molecule is CNC(=O)[C@H](Cc1ccccc1)NC(=O)[C@H](CC(C)C)NC(=O)CCN1C(=O)c2ccccc2C1=O. The van der Waals surface area contributed by atoms with Crippen molar-refractivity contribution in [3.8, 4) is 0 Å². The first-order chi connectivity index (χ1) is 17.2. The molecule has 0 radical (unpaired) electrons. The molecule has 0 aromatic heterocycles. The van der Waals surface area contributed by atoms with Crippen molar-refractivity contribution in [2.24, 2.45) is 5.92 Å². The number of carbonyl (C=O) groups is 5. The summed E-state index contributed by atoms with van der Waals surface area (Å²) in [5, 5.41) is 8.05. The minimum atomic E-state index is -0.873. The average molecular weight is 493 g/mol. The molecule has 0 fully saturated rings. The lowest BCUT2D eigenvalue weighted by atomic mass is 10.0. The third-order valence-electron chi connectivity index (χ3n) is 5.96. The first-order valence-corrected chi connectivity index (χ1v) is 12.0. The van der Waals surface area contributed by atoms with Crippen molar-refractivity contribution in [1.82, 2.24) is 20.9 Å². The molecular weight excluding hydrogens is 460 g/mol. The standard InChI is InChI=1S/C27H32N4O5/c1-17(2)15-21(25(34)30-22(24(33)28-3)16-18-9-5-4-6-10-18)29-23(32)13-14-31-26(35)19-11-7-8-12-20(19)27(31)36/h4-12,17,21-22H,13-16H2,1-3H3,(H,28,33)(H,29,32)(H,30,34)/t21-,22-/m0/s1. The molecule has 0 aliphatic carbocycles. The van der Waals surface area contributed by atoms with E-state index in [0.29, 0.717) is 24.0 Å². The second-order valence-electron chi connectivity index (χ2n) is 9.17. The van der Waals surface area contributed by atoms with Crippen LogP contribution in [0.2, 0.25) is 0 Å². The summed E-state index contributed by atoms with van der Waals surface area (Å²) < 4.78 is 0. The molecular formula is C27H32N4O5. The Morgan fingerprint density at radius 1 is 0.806 bits per heavy atom. The van der Waals surface area contributed by atoms with Gasteiger partial charge in [-0.05, 0) is 30.0 Å². The fourth-order valence-corrected chi connectivity index (χ4v) is 4.13. The number of nitrogens with zero attached hydrogens (tertiary/aromatic N) is 1. The maximum absolute atomic E-state index is 13.1. The van der Waals surface area contributed by atoms with Crippen LogP contribution in [-0.2, 0) is 20.8 Å². The van der Waals surface area contributed by atoms with E-state index in [1.165, 1.54) is 7.05 Å². The highest BCUT2D eigenvalue weighted by Crippen LogP contribution is 2.22. The van der Waals surface area contributed by atoms with E-state index >= 15 is 0 Å². The molecule has 0 bridgehead atoms. The van der Waals surface area contributed by atoms with Gasteiger partial charge in [0.25, 0.3) is 11.8 Å². The molecule has 0 saturated heterocycles. The van der Waals surface area contributed by atoms with Crippen LogP contribution in [0.4, 0.5) is 0 Å². The molecule has 2 atom stereocenters. The Balaban J connectivity index is 1.62. The molecule has 1 heterocycles. The van der Waals surface area contributed by atoms with Gasteiger partial charge in [0.2, 0.25) is 17.7 Å². The molecule has 0 spiro atoms. The lowest BCUT2D eigenvalue weighted by molar-refractivity contribution is -0.132. The van der Waals surface area contributed by atoms with Crippen molar-refractivity contribution < 1.29 is 24.0 Å². The van der Waals surface area contributed by atoms with E-state index in [2.05, 4.69) is 16.0 Å². The summed E-state index contributed by atoms with van der Waals surface area (Å²) >= 11 is 0. The normalized spacial score (nSPS) is 14.3. The molecule has 1 aliphatic heterocycles. The third kappa shape index (κ3) is 6.56. The molecule has 9 nitrogen and oxygen atoms in total. The number of benzene rings is 2. The summed E-state index contributed by atoms with van der Waals surface area (Å²) in [5.41, 5.74) is 1.52. The van der Waals surface area contributed by atoms with Gasteiger partial charge in [-0.3, -0.25) is 28.9 Å². The van der Waals surface area contributed by atoms with Crippen LogP contribution in [0.15, 0.2) is 54.6 Å². The topological polar surface area (TPSA) is 125 Å². The maximum atomic E-state index is 13.1. The van der Waals surface area contributed by atoms with Gasteiger partial charge in [0, 0.05) is 26.4 Å². The second kappa shape index (κ2) is 12.1. The van der Waals surface area contributed by atoms with Crippen LogP contribution in [0.25, 0.3) is 0 Å². The fraction of sp³-hybridized carbons (Fsp3) is 0.370. The van der Waals surface area contributed by atoms with Crippen LogP contribution in [0.3, 0.4) is 0 Å². The lowest BCUT2D eigenvalue weighted by Gasteiger charge is -2.24. The monoisotopic (exact) mass is 492 g/mol. The predicted molar refractivity (Wildman–Crippen MR) is 134 cm³/mol. The van der Waals surface area contributed by atoms with Crippen molar-refractivity contribution in [2.45, 2.75) is 45.2 Å². The predicted octanol–water partition coefficient (Wildman–Crippen LogP) is 1.68.